The van der Waals surface area contributed by atoms with Crippen LogP contribution in [-0.2, 0) is 30.8 Å². The third kappa shape index (κ3) is 8.22. The van der Waals surface area contributed by atoms with Gasteiger partial charge in [-0.05, 0) is 60.7 Å². The number of hydrogen-bond donors (Lipinski definition) is 5. The average molecular weight is 531 g/mol. The van der Waals surface area contributed by atoms with Crippen molar-refractivity contribution in [2.45, 2.75) is 51.5 Å². The molecule has 0 bridgehead atoms. The number of carbonyl (C=O) groups excluding carboxylic acids is 1. The van der Waals surface area contributed by atoms with Gasteiger partial charge in [-0.15, -0.1) is 0 Å². The molecule has 192 valence electrons. The number of aromatic hydroxyl groups is 1. The predicted molar refractivity (Wildman–Crippen MR) is 143 cm³/mol. The summed E-state index contributed by atoms with van der Waals surface area (Å²) in [5.74, 6) is -0.0591. The summed E-state index contributed by atoms with van der Waals surface area (Å²) in [4.78, 5) is 12.3. The third-order valence-electron chi connectivity index (χ3n) is 6.02. The molecule has 0 saturated carbocycles. The minimum absolute atomic E-state index is 0.0112. The fraction of sp³-hybridized carbons (Fsp3) is 0.321. The molecule has 0 aromatic heterocycles. The Hall–Kier alpha value is -2.61. The predicted octanol–water partition coefficient (Wildman–Crippen LogP) is 4.69. The van der Waals surface area contributed by atoms with Crippen molar-refractivity contribution in [1.82, 2.24) is 10.6 Å². The van der Waals surface area contributed by atoms with E-state index in [4.69, 9.17) is 23.2 Å². The lowest BCUT2D eigenvalue weighted by Gasteiger charge is -2.18. The number of carbonyl (C=O) groups is 1. The first kappa shape index (κ1) is 28.0. The third-order valence-corrected chi connectivity index (χ3v) is 6.72. The summed E-state index contributed by atoms with van der Waals surface area (Å²) in [5.41, 5.74) is 3.94. The second kappa shape index (κ2) is 13.6. The van der Waals surface area contributed by atoms with Gasteiger partial charge in [0.15, 0.2) is 0 Å². The minimum atomic E-state index is -0.760. The largest absolute Gasteiger partial charge is 0.508 e. The maximum atomic E-state index is 12.3. The maximum absolute atomic E-state index is 12.3. The Kier molecular flexibility index (Phi) is 10.6. The zero-order chi connectivity index (χ0) is 26.1. The smallest absolute Gasteiger partial charge is 0.220 e. The normalized spacial score (nSPS) is 12.8. The van der Waals surface area contributed by atoms with Crippen LogP contribution in [0.25, 0.3) is 0 Å². The average Bonchev–Trinajstić information content (AvgIpc) is 2.86. The quantitative estimate of drug-likeness (QED) is 0.233. The number of halogens is 2. The van der Waals surface area contributed by atoms with Crippen LogP contribution in [0.1, 0.15) is 47.3 Å². The van der Waals surface area contributed by atoms with Gasteiger partial charge in [0.2, 0.25) is 5.91 Å². The molecule has 0 spiro atoms. The molecule has 3 aromatic carbocycles. The Morgan fingerprint density at radius 2 is 1.69 bits per heavy atom. The van der Waals surface area contributed by atoms with Crippen LogP contribution >= 0.6 is 23.2 Å². The monoisotopic (exact) mass is 530 g/mol. The van der Waals surface area contributed by atoms with Crippen molar-refractivity contribution in [2.75, 3.05) is 6.54 Å². The van der Waals surface area contributed by atoms with Crippen molar-refractivity contribution in [3.8, 4) is 5.75 Å². The summed E-state index contributed by atoms with van der Waals surface area (Å²) in [5, 5.41) is 36.8. The first-order valence-corrected chi connectivity index (χ1v) is 12.6. The van der Waals surface area contributed by atoms with Crippen LogP contribution < -0.4 is 10.6 Å². The number of aryl methyl sites for hydroxylation is 1. The maximum Gasteiger partial charge on any atom is 0.220 e. The lowest BCUT2D eigenvalue weighted by molar-refractivity contribution is -0.121. The molecule has 0 aliphatic rings. The molecule has 0 fully saturated rings. The van der Waals surface area contributed by atoms with Gasteiger partial charge in [-0.3, -0.25) is 4.79 Å². The number of rotatable bonds is 12. The molecule has 0 saturated heterocycles. The van der Waals surface area contributed by atoms with Crippen molar-refractivity contribution in [3.05, 3.63) is 98.5 Å². The number of nitrogens with one attached hydrogen (secondary N) is 2. The van der Waals surface area contributed by atoms with Crippen LogP contribution in [0.5, 0.6) is 5.75 Å². The van der Waals surface area contributed by atoms with Gasteiger partial charge in [-0.2, -0.15) is 0 Å². The molecule has 3 rings (SSSR count). The van der Waals surface area contributed by atoms with Crippen molar-refractivity contribution < 1.29 is 20.1 Å². The van der Waals surface area contributed by atoms with Crippen LogP contribution in [0.3, 0.4) is 0 Å². The zero-order valence-electron chi connectivity index (χ0n) is 20.2. The second-order valence-corrected chi connectivity index (χ2v) is 9.69. The van der Waals surface area contributed by atoms with Gasteiger partial charge < -0.3 is 26.0 Å². The summed E-state index contributed by atoms with van der Waals surface area (Å²) in [6.45, 7) is 2.39. The summed E-state index contributed by atoms with van der Waals surface area (Å²) >= 11 is 12.3. The van der Waals surface area contributed by atoms with Crippen LogP contribution in [0.15, 0.2) is 60.7 Å². The number of benzene rings is 3. The van der Waals surface area contributed by atoms with Crippen molar-refractivity contribution >= 4 is 29.1 Å². The molecule has 3 aromatic rings. The highest BCUT2D eigenvalue weighted by atomic mass is 35.5. The summed E-state index contributed by atoms with van der Waals surface area (Å²) in [7, 11) is 0. The topological polar surface area (TPSA) is 102 Å². The molecule has 5 N–H and O–H groups in total. The summed E-state index contributed by atoms with van der Waals surface area (Å²) in [6.07, 6.45) is 0.970. The zero-order valence-corrected chi connectivity index (χ0v) is 21.7. The van der Waals surface area contributed by atoms with E-state index >= 15 is 0 Å². The number of aliphatic hydroxyl groups is 2. The van der Waals surface area contributed by atoms with Gasteiger partial charge in [0.1, 0.15) is 5.75 Å². The van der Waals surface area contributed by atoms with E-state index in [2.05, 4.69) is 16.7 Å². The molecular weight excluding hydrogens is 499 g/mol. The number of hydrogen-bond acceptors (Lipinski definition) is 5. The van der Waals surface area contributed by atoms with E-state index in [0.717, 1.165) is 17.5 Å². The molecule has 0 radical (unpaired) electrons. The lowest BCUT2D eigenvalue weighted by atomic mass is 10.0. The molecule has 0 heterocycles. The Morgan fingerprint density at radius 1 is 1.00 bits per heavy atom. The van der Waals surface area contributed by atoms with E-state index < -0.39 is 6.10 Å². The summed E-state index contributed by atoms with van der Waals surface area (Å²) < 4.78 is 0. The summed E-state index contributed by atoms with van der Waals surface area (Å²) in [6, 6.07) is 18.2. The molecule has 0 aliphatic heterocycles. The number of amides is 1. The van der Waals surface area contributed by atoms with Gasteiger partial charge in [0, 0.05) is 46.7 Å². The molecule has 1 unspecified atom stereocenters. The van der Waals surface area contributed by atoms with Crippen LogP contribution in [-0.4, -0.2) is 33.8 Å². The van der Waals surface area contributed by atoms with Crippen LogP contribution in [0, 0.1) is 0 Å². The van der Waals surface area contributed by atoms with Crippen molar-refractivity contribution in [3.63, 3.8) is 0 Å². The Morgan fingerprint density at radius 3 is 2.42 bits per heavy atom. The highest BCUT2D eigenvalue weighted by Gasteiger charge is 2.13. The molecular formula is C28H32Cl2N2O4. The van der Waals surface area contributed by atoms with Gasteiger partial charge in [0.25, 0.3) is 0 Å². The standard InChI is InChI=1S/C28H32Cl2N2O4/c1-18(31-16-27(35)21-9-10-26(34)22(14-21)17-33)12-20-5-2-4-19(13-20)8-11-28(36)32-15-23-24(29)6-3-7-25(23)30/h2-7,9-10,13-14,18,27,31,33-35H,8,11-12,15-17H2,1H3,(H,32,36)/t18?,27-/m0/s1. The van der Waals surface area contributed by atoms with Gasteiger partial charge in [0.05, 0.1) is 12.7 Å². The van der Waals surface area contributed by atoms with E-state index in [0.29, 0.717) is 46.1 Å². The first-order valence-electron chi connectivity index (χ1n) is 11.9. The van der Waals surface area contributed by atoms with Crippen LogP contribution in [0.2, 0.25) is 10.0 Å². The fourth-order valence-corrected chi connectivity index (χ4v) is 4.47. The Balaban J connectivity index is 1.45. The molecule has 36 heavy (non-hydrogen) atoms. The van der Waals surface area contributed by atoms with Gasteiger partial charge >= 0.3 is 0 Å². The number of aliphatic hydroxyl groups excluding tert-OH is 2. The molecule has 0 aliphatic carbocycles. The fourth-order valence-electron chi connectivity index (χ4n) is 3.94. The Bertz CT molecular complexity index is 1150. The second-order valence-electron chi connectivity index (χ2n) is 8.87. The van der Waals surface area contributed by atoms with Crippen molar-refractivity contribution in [2.24, 2.45) is 0 Å². The molecule has 1 amide bonds. The molecule has 2 atom stereocenters. The Labute approximate surface area is 221 Å². The van der Waals surface area contributed by atoms with Crippen molar-refractivity contribution in [1.29, 1.82) is 0 Å². The van der Waals surface area contributed by atoms with Gasteiger partial charge in [-0.25, -0.2) is 0 Å². The van der Waals surface area contributed by atoms with E-state index in [1.165, 1.54) is 6.07 Å². The SMILES string of the molecule is CC(Cc1cccc(CCC(=O)NCc2c(Cl)cccc2Cl)c1)NC[C@H](O)c1ccc(O)c(CO)c1. The highest BCUT2D eigenvalue weighted by Crippen LogP contribution is 2.24. The van der Waals surface area contributed by atoms with Crippen LogP contribution in [0.4, 0.5) is 0 Å². The van der Waals surface area contributed by atoms with E-state index in [1.54, 1.807) is 30.3 Å². The minimum Gasteiger partial charge on any atom is -0.508 e. The highest BCUT2D eigenvalue weighted by molar-refractivity contribution is 6.36. The molecule has 8 heteroatoms. The lowest BCUT2D eigenvalue weighted by Crippen LogP contribution is -2.32. The number of phenols is 1. The molecule has 6 nitrogen and oxygen atoms in total. The van der Waals surface area contributed by atoms with E-state index in [9.17, 15) is 20.1 Å². The van der Waals surface area contributed by atoms with E-state index in [-0.39, 0.29) is 30.9 Å². The van der Waals surface area contributed by atoms with E-state index in [1.807, 2.05) is 25.1 Å². The first-order chi connectivity index (χ1) is 17.3. The van der Waals surface area contributed by atoms with Gasteiger partial charge in [-0.1, -0.05) is 59.6 Å².